The highest BCUT2D eigenvalue weighted by Crippen LogP contribution is 2.26. The topological polar surface area (TPSA) is 65.4 Å². The van der Waals surface area contributed by atoms with Gasteiger partial charge in [-0.1, -0.05) is 37.3 Å². The van der Waals surface area contributed by atoms with Gasteiger partial charge in [0, 0.05) is 13.0 Å². The number of aromatic nitrogens is 2. The van der Waals surface area contributed by atoms with Gasteiger partial charge in [0.1, 0.15) is 12.4 Å². The molecule has 1 heterocycles. The number of aryl methyl sites for hydroxylation is 1. The molecule has 158 valence electrons. The summed E-state index contributed by atoms with van der Waals surface area (Å²) in [6.07, 6.45) is 5.17. The van der Waals surface area contributed by atoms with E-state index in [1.165, 1.54) is 6.08 Å². The van der Waals surface area contributed by atoms with Crippen molar-refractivity contribution in [2.75, 3.05) is 20.3 Å². The Bertz CT molecular complexity index is 981. The van der Waals surface area contributed by atoms with E-state index in [9.17, 15) is 4.79 Å². The number of para-hydroxylation sites is 4. The van der Waals surface area contributed by atoms with Gasteiger partial charge in [0.15, 0.2) is 11.5 Å². The molecule has 0 fully saturated rings. The van der Waals surface area contributed by atoms with Crippen LogP contribution in [0.4, 0.5) is 0 Å². The van der Waals surface area contributed by atoms with Crippen molar-refractivity contribution in [3.8, 4) is 11.5 Å². The van der Waals surface area contributed by atoms with Gasteiger partial charge in [-0.05, 0) is 43.2 Å². The number of unbranched alkanes of at least 4 members (excludes halogenated alkanes) is 2. The third-order valence-corrected chi connectivity index (χ3v) is 4.94. The first-order valence-electron chi connectivity index (χ1n) is 10.3. The number of carbonyl (C=O) groups excluding carboxylic acids is 1. The van der Waals surface area contributed by atoms with Crippen LogP contribution in [-0.2, 0) is 17.8 Å². The van der Waals surface area contributed by atoms with Gasteiger partial charge in [-0.3, -0.25) is 4.79 Å². The zero-order valence-corrected chi connectivity index (χ0v) is 17.5. The van der Waals surface area contributed by atoms with Crippen LogP contribution in [0.2, 0.25) is 0 Å². The van der Waals surface area contributed by atoms with E-state index in [4.69, 9.17) is 14.5 Å². The lowest BCUT2D eigenvalue weighted by molar-refractivity contribution is -0.116. The minimum atomic E-state index is -0.119. The number of benzene rings is 2. The van der Waals surface area contributed by atoms with Crippen LogP contribution in [0.15, 0.2) is 61.2 Å². The molecule has 3 aromatic rings. The maximum atomic E-state index is 11.2. The van der Waals surface area contributed by atoms with E-state index < -0.39 is 0 Å². The Balaban J connectivity index is 1.59. The van der Waals surface area contributed by atoms with E-state index in [1.54, 1.807) is 7.11 Å². The maximum absolute atomic E-state index is 11.2. The Morgan fingerprint density at radius 2 is 1.87 bits per heavy atom. The summed E-state index contributed by atoms with van der Waals surface area (Å²) in [7, 11) is 1.65. The van der Waals surface area contributed by atoms with E-state index >= 15 is 0 Å². The summed E-state index contributed by atoms with van der Waals surface area (Å²) in [6.45, 7) is 5.37. The fourth-order valence-electron chi connectivity index (χ4n) is 3.42. The smallest absolute Gasteiger partial charge is 0.243 e. The van der Waals surface area contributed by atoms with Gasteiger partial charge < -0.3 is 19.4 Å². The van der Waals surface area contributed by atoms with Crippen molar-refractivity contribution in [2.45, 2.75) is 32.2 Å². The molecule has 1 aromatic heterocycles. The highest BCUT2D eigenvalue weighted by Gasteiger charge is 2.11. The quantitative estimate of drug-likeness (QED) is 0.362. The van der Waals surface area contributed by atoms with Crippen molar-refractivity contribution in [3.63, 3.8) is 0 Å². The van der Waals surface area contributed by atoms with Crippen LogP contribution in [0, 0.1) is 0 Å². The van der Waals surface area contributed by atoms with Crippen molar-refractivity contribution < 1.29 is 14.3 Å². The third-order valence-electron chi connectivity index (χ3n) is 4.94. The van der Waals surface area contributed by atoms with Crippen molar-refractivity contribution in [3.05, 3.63) is 67.0 Å². The summed E-state index contributed by atoms with van der Waals surface area (Å²) in [4.78, 5) is 16.0. The number of hydrogen-bond acceptors (Lipinski definition) is 4. The van der Waals surface area contributed by atoms with Crippen LogP contribution in [0.5, 0.6) is 11.5 Å². The van der Waals surface area contributed by atoms with E-state index in [-0.39, 0.29) is 5.91 Å². The summed E-state index contributed by atoms with van der Waals surface area (Å²) >= 11 is 0. The van der Waals surface area contributed by atoms with Crippen molar-refractivity contribution in [2.24, 2.45) is 0 Å². The van der Waals surface area contributed by atoms with Crippen molar-refractivity contribution >= 4 is 16.9 Å². The molecule has 2 aromatic carbocycles. The minimum absolute atomic E-state index is 0.119. The highest BCUT2D eigenvalue weighted by atomic mass is 16.5. The number of hydrogen-bond donors (Lipinski definition) is 1. The van der Waals surface area contributed by atoms with Crippen LogP contribution in [0.25, 0.3) is 11.0 Å². The average molecular weight is 408 g/mol. The van der Waals surface area contributed by atoms with Gasteiger partial charge in [-0.2, -0.15) is 0 Å². The third kappa shape index (κ3) is 5.63. The fraction of sp³-hybridized carbons (Fsp3) is 0.333. The molecule has 30 heavy (non-hydrogen) atoms. The summed E-state index contributed by atoms with van der Waals surface area (Å²) in [5.41, 5.74) is 2.12. The molecule has 0 radical (unpaired) electrons. The van der Waals surface area contributed by atoms with Crippen LogP contribution < -0.4 is 14.8 Å². The van der Waals surface area contributed by atoms with Gasteiger partial charge in [-0.25, -0.2) is 4.98 Å². The monoisotopic (exact) mass is 407 g/mol. The van der Waals surface area contributed by atoms with Crippen molar-refractivity contribution in [1.29, 1.82) is 0 Å². The first kappa shape index (κ1) is 21.4. The molecule has 1 N–H and O–H groups in total. The molecular weight excluding hydrogens is 378 g/mol. The summed E-state index contributed by atoms with van der Waals surface area (Å²) in [5, 5.41) is 2.81. The molecule has 0 saturated carbocycles. The molecular formula is C24H29N3O3. The highest BCUT2D eigenvalue weighted by molar-refractivity contribution is 5.86. The van der Waals surface area contributed by atoms with Crippen LogP contribution in [-0.4, -0.2) is 35.7 Å². The van der Waals surface area contributed by atoms with E-state index in [0.717, 1.165) is 54.0 Å². The summed E-state index contributed by atoms with van der Waals surface area (Å²) in [5.74, 6) is 2.42. The van der Waals surface area contributed by atoms with E-state index in [1.807, 2.05) is 42.5 Å². The number of methoxy groups -OCH3 is 1. The Kier molecular flexibility index (Phi) is 7.89. The lowest BCUT2D eigenvalue weighted by Gasteiger charge is -2.13. The SMILES string of the molecule is C=CC(=O)NCCCCCc1nc2ccccc2n1CCOc1ccccc1OC. The average Bonchev–Trinajstić information content (AvgIpc) is 3.13. The van der Waals surface area contributed by atoms with Gasteiger partial charge in [-0.15, -0.1) is 0 Å². The molecule has 6 nitrogen and oxygen atoms in total. The van der Waals surface area contributed by atoms with Gasteiger partial charge >= 0.3 is 0 Å². The molecule has 0 aliphatic carbocycles. The predicted molar refractivity (Wildman–Crippen MR) is 119 cm³/mol. The molecule has 0 aliphatic rings. The van der Waals surface area contributed by atoms with Gasteiger partial charge in [0.25, 0.3) is 0 Å². The zero-order chi connectivity index (χ0) is 21.2. The standard InChI is InChI=1S/C24H29N3O3/c1-3-24(28)25-16-10-4-5-15-23-26-19-11-6-7-12-20(19)27(23)17-18-30-22-14-9-8-13-21(22)29-2/h3,6-9,11-14H,1,4-5,10,15-18H2,2H3,(H,25,28). The molecule has 0 unspecified atom stereocenters. The lowest BCUT2D eigenvalue weighted by Crippen LogP contribution is -2.21. The Hall–Kier alpha value is -3.28. The fourth-order valence-corrected chi connectivity index (χ4v) is 3.42. The number of nitrogens with one attached hydrogen (secondary N) is 1. The first-order chi connectivity index (χ1) is 14.7. The molecule has 0 bridgehead atoms. The number of amides is 1. The largest absolute Gasteiger partial charge is 0.493 e. The van der Waals surface area contributed by atoms with Gasteiger partial charge in [0.05, 0.1) is 24.7 Å². The minimum Gasteiger partial charge on any atom is -0.493 e. The van der Waals surface area contributed by atoms with Gasteiger partial charge in [0.2, 0.25) is 5.91 Å². The number of ether oxygens (including phenoxy) is 2. The second-order valence-electron chi connectivity index (χ2n) is 6.97. The molecule has 0 aliphatic heterocycles. The number of imidazole rings is 1. The Labute approximate surface area is 177 Å². The first-order valence-corrected chi connectivity index (χ1v) is 10.3. The molecule has 0 spiro atoms. The lowest BCUT2D eigenvalue weighted by atomic mass is 10.2. The molecule has 0 atom stereocenters. The van der Waals surface area contributed by atoms with Crippen LogP contribution >= 0.6 is 0 Å². The second-order valence-corrected chi connectivity index (χ2v) is 6.97. The maximum Gasteiger partial charge on any atom is 0.243 e. The molecule has 0 saturated heterocycles. The normalized spacial score (nSPS) is 10.7. The Morgan fingerprint density at radius 3 is 2.67 bits per heavy atom. The molecule has 1 amide bonds. The van der Waals surface area contributed by atoms with E-state index in [2.05, 4.69) is 22.5 Å². The van der Waals surface area contributed by atoms with Crippen LogP contribution in [0.1, 0.15) is 25.1 Å². The van der Waals surface area contributed by atoms with Crippen LogP contribution in [0.3, 0.4) is 0 Å². The zero-order valence-electron chi connectivity index (χ0n) is 17.5. The molecule has 6 heteroatoms. The van der Waals surface area contributed by atoms with Crippen molar-refractivity contribution in [1.82, 2.24) is 14.9 Å². The molecule has 3 rings (SSSR count). The number of fused-ring (bicyclic) bond motifs is 1. The summed E-state index contributed by atoms with van der Waals surface area (Å²) in [6, 6.07) is 15.9. The predicted octanol–water partition coefficient (Wildman–Crippen LogP) is 4.14. The second kappa shape index (κ2) is 11.0. The summed E-state index contributed by atoms with van der Waals surface area (Å²) < 4.78 is 13.6. The number of nitrogens with zero attached hydrogens (tertiary/aromatic N) is 2. The van der Waals surface area contributed by atoms with E-state index in [0.29, 0.717) is 19.7 Å². The number of carbonyl (C=O) groups is 1. The Morgan fingerprint density at radius 1 is 1.10 bits per heavy atom. The number of rotatable bonds is 12.